The van der Waals surface area contributed by atoms with Gasteiger partial charge in [0.25, 0.3) is 0 Å². The van der Waals surface area contributed by atoms with Gasteiger partial charge < -0.3 is 19.8 Å². The maximum absolute atomic E-state index is 11.8. The molecule has 2 unspecified atom stereocenters. The van der Waals surface area contributed by atoms with Gasteiger partial charge in [-0.25, -0.2) is 0 Å². The average molecular weight is 374 g/mol. The molecule has 1 heterocycles. The fourth-order valence-corrected chi connectivity index (χ4v) is 3.12. The fraction of sp³-hybridized carbons (Fsp3) is 0.450. The van der Waals surface area contributed by atoms with Crippen molar-refractivity contribution in [3.05, 3.63) is 40.2 Å². The zero-order valence-corrected chi connectivity index (χ0v) is 16.3. The summed E-state index contributed by atoms with van der Waals surface area (Å²) in [6.07, 6.45) is 0.168. The first-order valence-electron chi connectivity index (χ1n) is 9.00. The molecule has 2 N–H and O–H groups in total. The Kier molecular flexibility index (Phi) is 6.74. The molecule has 146 valence electrons. The predicted octanol–water partition coefficient (Wildman–Crippen LogP) is 2.83. The zero-order valence-electron chi connectivity index (χ0n) is 16.3. The Bertz CT molecular complexity index is 888. The molecule has 0 saturated heterocycles. The molecular weight excluding hydrogens is 348 g/mol. The highest BCUT2D eigenvalue weighted by atomic mass is 16.5. The van der Waals surface area contributed by atoms with Gasteiger partial charge in [0.2, 0.25) is 5.56 Å². The quantitative estimate of drug-likeness (QED) is 0.571. The van der Waals surface area contributed by atoms with Crippen LogP contribution in [0.2, 0.25) is 0 Å². The topological polar surface area (TPSA) is 97.5 Å². The van der Waals surface area contributed by atoms with E-state index in [1.807, 2.05) is 20.8 Å². The lowest BCUT2D eigenvalue weighted by Crippen LogP contribution is -2.40. The molecular formula is C20H26N2O5. The average Bonchev–Trinajstić information content (AvgIpc) is 2.57. The van der Waals surface area contributed by atoms with Crippen LogP contribution in [0.25, 0.3) is 10.9 Å². The highest BCUT2D eigenvalue weighted by molar-refractivity contribution is 5.89. The molecule has 2 aromatic rings. The lowest BCUT2D eigenvalue weighted by molar-refractivity contribution is -0.148. The van der Waals surface area contributed by atoms with E-state index in [-0.39, 0.29) is 23.4 Å². The van der Waals surface area contributed by atoms with E-state index in [9.17, 15) is 14.4 Å². The monoisotopic (exact) mass is 374 g/mol. The number of aromatic nitrogens is 1. The predicted molar refractivity (Wildman–Crippen MR) is 103 cm³/mol. The van der Waals surface area contributed by atoms with E-state index in [0.29, 0.717) is 10.9 Å². The fourth-order valence-electron chi connectivity index (χ4n) is 3.12. The van der Waals surface area contributed by atoms with Crippen molar-refractivity contribution in [2.24, 2.45) is 0 Å². The number of hydrogen-bond acceptors (Lipinski definition) is 6. The Hall–Kier alpha value is -2.67. The summed E-state index contributed by atoms with van der Waals surface area (Å²) < 4.78 is 10.9. The number of carbonyl (C=O) groups is 2. The number of nitrogens with one attached hydrogen (secondary N) is 2. The van der Waals surface area contributed by atoms with E-state index in [4.69, 9.17) is 9.47 Å². The van der Waals surface area contributed by atoms with Crippen LogP contribution in [0.1, 0.15) is 52.7 Å². The zero-order chi connectivity index (χ0) is 20.1. The van der Waals surface area contributed by atoms with Gasteiger partial charge in [-0.3, -0.25) is 14.4 Å². The SMILES string of the molecule is CCC(NC(C)C)C(OC(C)=O)c1ccc(OC(C)=O)c2[nH]c(=O)ccc12. The van der Waals surface area contributed by atoms with Gasteiger partial charge in [-0.2, -0.15) is 0 Å². The summed E-state index contributed by atoms with van der Waals surface area (Å²) in [4.78, 5) is 37.7. The molecule has 0 fully saturated rings. The van der Waals surface area contributed by atoms with Crippen molar-refractivity contribution in [2.75, 3.05) is 0 Å². The van der Waals surface area contributed by atoms with Crippen LogP contribution in [0.4, 0.5) is 0 Å². The maximum Gasteiger partial charge on any atom is 0.308 e. The van der Waals surface area contributed by atoms with Gasteiger partial charge in [-0.1, -0.05) is 26.8 Å². The number of pyridine rings is 1. The van der Waals surface area contributed by atoms with Crippen LogP contribution in [0.15, 0.2) is 29.1 Å². The molecule has 27 heavy (non-hydrogen) atoms. The smallest absolute Gasteiger partial charge is 0.308 e. The number of fused-ring (bicyclic) bond motifs is 1. The van der Waals surface area contributed by atoms with Gasteiger partial charge >= 0.3 is 11.9 Å². The van der Waals surface area contributed by atoms with Crippen molar-refractivity contribution < 1.29 is 19.1 Å². The Labute approximate surface area is 158 Å². The molecule has 0 aliphatic rings. The first-order valence-corrected chi connectivity index (χ1v) is 9.00. The normalized spacial score (nSPS) is 13.4. The molecule has 0 saturated carbocycles. The van der Waals surface area contributed by atoms with Gasteiger partial charge in [0.15, 0.2) is 5.75 Å². The van der Waals surface area contributed by atoms with Crippen LogP contribution in [0.3, 0.4) is 0 Å². The van der Waals surface area contributed by atoms with Crippen molar-refractivity contribution in [1.29, 1.82) is 0 Å². The largest absolute Gasteiger partial charge is 0.456 e. The third-order valence-electron chi connectivity index (χ3n) is 4.10. The summed E-state index contributed by atoms with van der Waals surface area (Å²) in [7, 11) is 0. The maximum atomic E-state index is 11.8. The number of H-pyrrole nitrogens is 1. The summed E-state index contributed by atoms with van der Waals surface area (Å²) in [5.41, 5.74) is 0.809. The Morgan fingerprint density at radius 3 is 2.37 bits per heavy atom. The second-order valence-corrected chi connectivity index (χ2v) is 6.72. The number of esters is 2. The number of ether oxygens (including phenoxy) is 2. The van der Waals surface area contributed by atoms with Crippen LogP contribution >= 0.6 is 0 Å². The van der Waals surface area contributed by atoms with E-state index in [0.717, 1.165) is 12.0 Å². The van der Waals surface area contributed by atoms with Gasteiger partial charge in [0.05, 0.1) is 5.52 Å². The van der Waals surface area contributed by atoms with Crippen LogP contribution < -0.4 is 15.6 Å². The summed E-state index contributed by atoms with van der Waals surface area (Å²) in [5, 5.41) is 4.08. The molecule has 0 aliphatic carbocycles. The van der Waals surface area contributed by atoms with E-state index < -0.39 is 18.0 Å². The molecule has 2 atom stereocenters. The van der Waals surface area contributed by atoms with Crippen molar-refractivity contribution in [2.45, 2.75) is 59.2 Å². The molecule has 0 spiro atoms. The van der Waals surface area contributed by atoms with Crippen LogP contribution in [0, 0.1) is 0 Å². The standard InChI is InChI=1S/C20H26N2O5/c1-6-16(21-11(2)3)20(27-13(5)24)15-7-9-17(26-12(4)23)19-14(15)8-10-18(25)22-19/h7-11,16,20-21H,6H2,1-5H3,(H,22,25). The lowest BCUT2D eigenvalue weighted by Gasteiger charge is -2.29. The van der Waals surface area contributed by atoms with Crippen molar-refractivity contribution >= 4 is 22.8 Å². The Morgan fingerprint density at radius 2 is 1.81 bits per heavy atom. The minimum atomic E-state index is -0.560. The number of rotatable bonds is 7. The van der Waals surface area contributed by atoms with Crippen LogP contribution in [0.5, 0.6) is 5.75 Å². The van der Waals surface area contributed by atoms with Crippen molar-refractivity contribution in [1.82, 2.24) is 10.3 Å². The first-order chi connectivity index (χ1) is 12.7. The minimum absolute atomic E-state index is 0.122. The molecule has 0 bridgehead atoms. The molecule has 0 aliphatic heterocycles. The molecule has 0 radical (unpaired) electrons. The highest BCUT2D eigenvalue weighted by Crippen LogP contribution is 2.34. The van der Waals surface area contributed by atoms with Gasteiger partial charge in [0, 0.05) is 42.9 Å². The number of aromatic amines is 1. The lowest BCUT2D eigenvalue weighted by atomic mass is 9.95. The van der Waals surface area contributed by atoms with Crippen molar-refractivity contribution in [3.63, 3.8) is 0 Å². The summed E-state index contributed by atoms with van der Waals surface area (Å²) in [6, 6.07) is 6.48. The Morgan fingerprint density at radius 1 is 1.11 bits per heavy atom. The second kappa shape index (κ2) is 8.81. The number of benzene rings is 1. The van der Waals surface area contributed by atoms with E-state index >= 15 is 0 Å². The van der Waals surface area contributed by atoms with Gasteiger partial charge in [-0.05, 0) is 18.6 Å². The first kappa shape index (κ1) is 20.6. The molecule has 7 heteroatoms. The number of carbonyl (C=O) groups excluding carboxylic acids is 2. The molecule has 2 rings (SSSR count). The van der Waals surface area contributed by atoms with Crippen molar-refractivity contribution in [3.8, 4) is 5.75 Å². The highest BCUT2D eigenvalue weighted by Gasteiger charge is 2.28. The van der Waals surface area contributed by atoms with E-state index in [1.165, 1.54) is 19.9 Å². The molecule has 0 amide bonds. The van der Waals surface area contributed by atoms with Crippen LogP contribution in [-0.2, 0) is 14.3 Å². The van der Waals surface area contributed by atoms with Gasteiger partial charge in [-0.15, -0.1) is 0 Å². The number of hydrogen-bond donors (Lipinski definition) is 2. The molecule has 1 aromatic heterocycles. The summed E-state index contributed by atoms with van der Waals surface area (Å²) in [6.45, 7) is 8.71. The van der Waals surface area contributed by atoms with Crippen LogP contribution in [-0.4, -0.2) is 29.0 Å². The summed E-state index contributed by atoms with van der Waals surface area (Å²) in [5.74, 6) is -0.630. The third-order valence-corrected chi connectivity index (χ3v) is 4.10. The molecule has 1 aromatic carbocycles. The Balaban J connectivity index is 2.66. The third kappa shape index (κ3) is 5.17. The second-order valence-electron chi connectivity index (χ2n) is 6.72. The summed E-state index contributed by atoms with van der Waals surface area (Å²) >= 11 is 0. The minimum Gasteiger partial charge on any atom is -0.456 e. The van der Waals surface area contributed by atoms with Gasteiger partial charge in [0.1, 0.15) is 6.10 Å². The van der Waals surface area contributed by atoms with E-state index in [2.05, 4.69) is 10.3 Å². The van der Waals surface area contributed by atoms with E-state index in [1.54, 1.807) is 18.2 Å². The molecule has 7 nitrogen and oxygen atoms in total.